The predicted molar refractivity (Wildman–Crippen MR) is 97.0 cm³/mol. The maximum absolute atomic E-state index is 9.54. The lowest BCUT2D eigenvalue weighted by Crippen LogP contribution is -2.04. The first kappa shape index (κ1) is 16.0. The predicted octanol–water partition coefficient (Wildman–Crippen LogP) is 4.84. The van der Waals surface area contributed by atoms with E-state index in [0.29, 0.717) is 0 Å². The van der Waals surface area contributed by atoms with Gasteiger partial charge in [0.15, 0.2) is 0 Å². The molecule has 2 aromatic heterocycles. The Morgan fingerprint density at radius 3 is 2.61 bits per heavy atom. The van der Waals surface area contributed by atoms with Crippen LogP contribution < -0.4 is 0 Å². The summed E-state index contributed by atoms with van der Waals surface area (Å²) in [4.78, 5) is 11.1. The van der Waals surface area contributed by atoms with Crippen LogP contribution in [-0.2, 0) is 6.42 Å². The maximum Gasteiger partial charge on any atom is 0.128 e. The molecule has 3 aromatic rings. The van der Waals surface area contributed by atoms with Crippen molar-refractivity contribution in [2.24, 2.45) is 0 Å². The van der Waals surface area contributed by atoms with E-state index in [9.17, 15) is 5.26 Å². The molecule has 0 bridgehead atoms. The first-order valence-electron chi connectivity index (χ1n) is 7.41. The average molecular weight is 339 g/mol. The van der Waals surface area contributed by atoms with Gasteiger partial charge in [-0.25, -0.2) is 9.97 Å². The second-order valence-electron chi connectivity index (χ2n) is 5.57. The molecule has 0 fully saturated rings. The highest BCUT2D eigenvalue weighted by atomic mass is 32.2. The van der Waals surface area contributed by atoms with E-state index in [1.165, 1.54) is 33.3 Å². The van der Waals surface area contributed by atoms with Crippen LogP contribution in [0.4, 0.5) is 0 Å². The smallest absolute Gasteiger partial charge is 0.128 e. The van der Waals surface area contributed by atoms with Crippen molar-refractivity contribution in [1.29, 1.82) is 5.26 Å². The normalized spacial score (nSPS) is 12.3. The Labute approximate surface area is 144 Å². The minimum absolute atomic E-state index is 0.157. The average Bonchev–Trinajstić information content (AvgIpc) is 2.84. The van der Waals surface area contributed by atoms with Crippen LogP contribution in [0.3, 0.4) is 0 Å². The van der Waals surface area contributed by atoms with Gasteiger partial charge in [-0.15, -0.1) is 11.3 Å². The van der Waals surface area contributed by atoms with Gasteiger partial charge in [0.2, 0.25) is 0 Å². The number of aryl methyl sites for hydroxylation is 3. The van der Waals surface area contributed by atoms with Crippen molar-refractivity contribution in [3.63, 3.8) is 0 Å². The van der Waals surface area contributed by atoms with Crippen molar-refractivity contribution < 1.29 is 0 Å². The molecule has 0 spiro atoms. The third-order valence-electron chi connectivity index (χ3n) is 3.87. The summed E-state index contributed by atoms with van der Waals surface area (Å²) in [5, 5.41) is 11.4. The van der Waals surface area contributed by atoms with Crippen LogP contribution >= 0.6 is 23.1 Å². The molecule has 0 amide bonds. The zero-order chi connectivity index (χ0) is 16.4. The quantitative estimate of drug-likeness (QED) is 0.504. The van der Waals surface area contributed by atoms with Crippen LogP contribution in [0.1, 0.15) is 21.6 Å². The van der Waals surface area contributed by atoms with E-state index < -0.39 is 0 Å². The second kappa shape index (κ2) is 6.69. The summed E-state index contributed by atoms with van der Waals surface area (Å²) in [6.07, 6.45) is 2.31. The van der Waals surface area contributed by atoms with Crippen LogP contribution in [0.25, 0.3) is 10.2 Å². The van der Waals surface area contributed by atoms with Crippen LogP contribution in [0.2, 0.25) is 0 Å². The fourth-order valence-electron chi connectivity index (χ4n) is 2.43. The molecule has 0 unspecified atom stereocenters. The summed E-state index contributed by atoms with van der Waals surface area (Å²) in [6, 6.07) is 10.8. The van der Waals surface area contributed by atoms with Gasteiger partial charge in [-0.05, 0) is 38.3 Å². The fourth-order valence-corrected chi connectivity index (χ4v) is 4.56. The monoisotopic (exact) mass is 339 g/mol. The third-order valence-corrected chi connectivity index (χ3v) is 6.07. The topological polar surface area (TPSA) is 49.6 Å². The molecule has 0 aliphatic heterocycles. The lowest BCUT2D eigenvalue weighted by Gasteiger charge is -2.10. The zero-order valence-electron chi connectivity index (χ0n) is 13.3. The van der Waals surface area contributed by atoms with Gasteiger partial charge >= 0.3 is 0 Å². The summed E-state index contributed by atoms with van der Waals surface area (Å²) in [5.74, 6) is 0. The molecule has 0 aliphatic carbocycles. The standard InChI is InChI=1S/C18H17N3S2/c1-11-4-6-14(7-5-11)8-15(9-19)23-18-16-12(2)13(3)22-17(16)20-10-21-18/h4-7,10,15H,8H2,1-3H3/t15-/m1/s1. The van der Waals surface area contributed by atoms with E-state index in [1.807, 2.05) is 0 Å². The number of fused-ring (bicyclic) bond motifs is 1. The minimum atomic E-state index is -0.157. The molecule has 0 radical (unpaired) electrons. The second-order valence-corrected chi connectivity index (χ2v) is 7.96. The van der Waals surface area contributed by atoms with E-state index in [0.717, 1.165) is 21.7 Å². The van der Waals surface area contributed by atoms with E-state index in [-0.39, 0.29) is 5.25 Å². The van der Waals surface area contributed by atoms with Crippen LogP contribution in [0, 0.1) is 32.1 Å². The van der Waals surface area contributed by atoms with E-state index >= 15 is 0 Å². The van der Waals surface area contributed by atoms with Gasteiger partial charge in [-0.1, -0.05) is 41.6 Å². The largest absolute Gasteiger partial charge is 0.229 e. The number of aromatic nitrogens is 2. The summed E-state index contributed by atoms with van der Waals surface area (Å²) in [5.41, 5.74) is 3.63. The molecule has 5 heteroatoms. The van der Waals surface area contributed by atoms with Crippen molar-refractivity contribution in [3.05, 3.63) is 52.2 Å². The molecule has 3 nitrogen and oxygen atoms in total. The lowest BCUT2D eigenvalue weighted by molar-refractivity contribution is 1.01. The Bertz CT molecular complexity index is 876. The number of thioether (sulfide) groups is 1. The molecule has 2 heterocycles. The van der Waals surface area contributed by atoms with Crippen molar-refractivity contribution >= 4 is 33.3 Å². The van der Waals surface area contributed by atoms with Gasteiger partial charge in [-0.3, -0.25) is 0 Å². The lowest BCUT2D eigenvalue weighted by atomic mass is 10.1. The number of nitriles is 1. The molecular weight excluding hydrogens is 322 g/mol. The first-order chi connectivity index (χ1) is 11.1. The molecule has 0 saturated carbocycles. The third kappa shape index (κ3) is 3.39. The SMILES string of the molecule is Cc1ccc(C[C@H](C#N)Sc2ncnc3sc(C)c(C)c23)cc1. The van der Waals surface area contributed by atoms with Crippen molar-refractivity contribution in [1.82, 2.24) is 9.97 Å². The number of rotatable bonds is 4. The maximum atomic E-state index is 9.54. The molecule has 0 aliphatic rings. The van der Waals surface area contributed by atoms with Crippen molar-refractivity contribution in [2.45, 2.75) is 37.5 Å². The molecule has 23 heavy (non-hydrogen) atoms. The van der Waals surface area contributed by atoms with Gasteiger partial charge < -0.3 is 0 Å². The van der Waals surface area contributed by atoms with Gasteiger partial charge in [0, 0.05) is 10.3 Å². The van der Waals surface area contributed by atoms with Crippen LogP contribution in [0.5, 0.6) is 0 Å². The van der Waals surface area contributed by atoms with E-state index in [4.69, 9.17) is 0 Å². The number of hydrogen-bond donors (Lipinski definition) is 0. The molecule has 3 rings (SSSR count). The molecule has 0 N–H and O–H groups in total. The van der Waals surface area contributed by atoms with E-state index in [1.54, 1.807) is 17.7 Å². The summed E-state index contributed by atoms with van der Waals surface area (Å²) >= 11 is 3.23. The van der Waals surface area contributed by atoms with Crippen LogP contribution in [0.15, 0.2) is 35.6 Å². The number of hydrogen-bond acceptors (Lipinski definition) is 5. The molecular formula is C18H17N3S2. The van der Waals surface area contributed by atoms with Crippen LogP contribution in [-0.4, -0.2) is 15.2 Å². The van der Waals surface area contributed by atoms with Crippen molar-refractivity contribution in [2.75, 3.05) is 0 Å². The number of thiophene rings is 1. The van der Waals surface area contributed by atoms with Gasteiger partial charge in [0.1, 0.15) is 21.4 Å². The molecule has 1 atom stereocenters. The zero-order valence-corrected chi connectivity index (χ0v) is 15.0. The number of nitrogens with zero attached hydrogens (tertiary/aromatic N) is 3. The summed E-state index contributed by atoms with van der Waals surface area (Å²) < 4.78 is 0. The Balaban J connectivity index is 1.87. The highest BCUT2D eigenvalue weighted by Gasteiger charge is 2.17. The summed E-state index contributed by atoms with van der Waals surface area (Å²) in [6.45, 7) is 6.27. The minimum Gasteiger partial charge on any atom is -0.229 e. The Hall–Kier alpha value is -1.90. The first-order valence-corrected chi connectivity index (χ1v) is 9.10. The highest BCUT2D eigenvalue weighted by molar-refractivity contribution is 8.00. The van der Waals surface area contributed by atoms with Gasteiger partial charge in [0.05, 0.1) is 6.07 Å². The molecule has 0 saturated heterocycles. The van der Waals surface area contributed by atoms with Crippen molar-refractivity contribution in [3.8, 4) is 6.07 Å². The Morgan fingerprint density at radius 2 is 1.91 bits per heavy atom. The Kier molecular flexibility index (Phi) is 4.65. The number of benzene rings is 1. The fraction of sp³-hybridized carbons (Fsp3) is 0.278. The van der Waals surface area contributed by atoms with Gasteiger partial charge in [0.25, 0.3) is 0 Å². The Morgan fingerprint density at radius 1 is 1.17 bits per heavy atom. The molecule has 1 aromatic carbocycles. The van der Waals surface area contributed by atoms with E-state index in [2.05, 4.69) is 61.1 Å². The van der Waals surface area contributed by atoms with Gasteiger partial charge in [-0.2, -0.15) is 5.26 Å². The highest BCUT2D eigenvalue weighted by Crippen LogP contribution is 2.36. The molecule has 116 valence electrons. The summed E-state index contributed by atoms with van der Waals surface area (Å²) in [7, 11) is 0.